The number of nitrogens with one attached hydrogen (secondary N) is 1. The minimum atomic E-state index is -0.290. The number of hydrogen-bond donors (Lipinski definition) is 2. The van der Waals surface area contributed by atoms with E-state index in [4.69, 9.17) is 5.84 Å². The van der Waals surface area contributed by atoms with Gasteiger partial charge in [0.25, 0.3) is 0 Å². The third-order valence-corrected chi connectivity index (χ3v) is 4.30. The van der Waals surface area contributed by atoms with Crippen LogP contribution in [-0.4, -0.2) is 4.98 Å². The van der Waals surface area contributed by atoms with E-state index in [2.05, 4.69) is 26.3 Å². The Labute approximate surface area is 117 Å². The molecule has 18 heavy (non-hydrogen) atoms. The zero-order valence-electron chi connectivity index (χ0n) is 9.78. The van der Waals surface area contributed by atoms with Crippen LogP contribution < -0.4 is 11.3 Å². The summed E-state index contributed by atoms with van der Waals surface area (Å²) in [5, 5.41) is 3.01. The first-order valence-electron chi connectivity index (χ1n) is 5.43. The van der Waals surface area contributed by atoms with E-state index in [0.717, 1.165) is 16.3 Å². The lowest BCUT2D eigenvalue weighted by Crippen LogP contribution is -2.30. The van der Waals surface area contributed by atoms with E-state index in [1.54, 1.807) is 17.4 Å². The number of aromatic nitrogens is 1. The quantitative estimate of drug-likeness (QED) is 0.669. The van der Waals surface area contributed by atoms with Crippen LogP contribution in [0, 0.1) is 12.7 Å². The number of aryl methyl sites for hydroxylation is 1. The average Bonchev–Trinajstić information content (AvgIpc) is 2.76. The van der Waals surface area contributed by atoms with E-state index in [-0.39, 0.29) is 11.9 Å². The first kappa shape index (κ1) is 13.6. The fourth-order valence-electron chi connectivity index (χ4n) is 1.76. The first-order valence-corrected chi connectivity index (χ1v) is 7.10. The van der Waals surface area contributed by atoms with Crippen LogP contribution in [0.5, 0.6) is 0 Å². The summed E-state index contributed by atoms with van der Waals surface area (Å²) in [6.07, 6.45) is 0.628. The van der Waals surface area contributed by atoms with Crippen LogP contribution in [0.4, 0.5) is 4.39 Å². The Hall–Kier alpha value is -0.820. The second-order valence-corrected chi connectivity index (χ2v) is 5.78. The van der Waals surface area contributed by atoms with Gasteiger partial charge in [0, 0.05) is 11.8 Å². The minimum absolute atomic E-state index is 0.170. The monoisotopic (exact) mass is 329 g/mol. The maximum Gasteiger partial charge on any atom is 0.137 e. The SMILES string of the molecule is Cc1nc(CC(NN)c2cccc(F)c2Br)cs1. The van der Waals surface area contributed by atoms with Crippen LogP contribution in [-0.2, 0) is 6.42 Å². The molecule has 2 aromatic rings. The van der Waals surface area contributed by atoms with E-state index in [1.165, 1.54) is 6.07 Å². The smallest absolute Gasteiger partial charge is 0.137 e. The zero-order chi connectivity index (χ0) is 13.1. The van der Waals surface area contributed by atoms with Crippen molar-refractivity contribution >= 4 is 27.3 Å². The number of nitrogens with two attached hydrogens (primary N) is 1. The number of benzene rings is 1. The van der Waals surface area contributed by atoms with Gasteiger partial charge in [0.15, 0.2) is 0 Å². The summed E-state index contributed by atoms with van der Waals surface area (Å²) in [4.78, 5) is 4.39. The van der Waals surface area contributed by atoms with Gasteiger partial charge in [0.1, 0.15) is 5.82 Å². The predicted octanol–water partition coefficient (Wildman–Crippen LogP) is 3.10. The molecule has 0 aliphatic heterocycles. The maximum absolute atomic E-state index is 13.5. The van der Waals surface area contributed by atoms with Crippen LogP contribution in [0.1, 0.15) is 22.3 Å². The molecule has 0 fully saturated rings. The molecule has 1 heterocycles. The molecule has 3 N–H and O–H groups in total. The zero-order valence-corrected chi connectivity index (χ0v) is 12.2. The number of rotatable bonds is 4. The Morgan fingerprint density at radius 2 is 2.33 bits per heavy atom. The summed E-state index contributed by atoms with van der Waals surface area (Å²) in [5.41, 5.74) is 4.46. The Kier molecular flexibility index (Phi) is 4.45. The fourth-order valence-corrected chi connectivity index (χ4v) is 2.93. The van der Waals surface area contributed by atoms with Crippen molar-refractivity contribution in [2.45, 2.75) is 19.4 Å². The Bertz CT molecular complexity index is 544. The summed E-state index contributed by atoms with van der Waals surface area (Å²) in [6, 6.07) is 4.76. The van der Waals surface area contributed by atoms with Gasteiger partial charge in [-0.05, 0) is 34.5 Å². The molecule has 0 aliphatic rings. The molecular formula is C12H13BrFN3S. The van der Waals surface area contributed by atoms with Gasteiger partial charge in [-0.3, -0.25) is 11.3 Å². The molecule has 0 aliphatic carbocycles. The molecule has 3 nitrogen and oxygen atoms in total. The predicted molar refractivity (Wildman–Crippen MR) is 74.7 cm³/mol. The summed E-state index contributed by atoms with van der Waals surface area (Å²) in [6.45, 7) is 1.96. The number of thiazole rings is 1. The van der Waals surface area contributed by atoms with Gasteiger partial charge in [0.2, 0.25) is 0 Å². The molecule has 1 unspecified atom stereocenters. The lowest BCUT2D eigenvalue weighted by Gasteiger charge is -2.17. The second kappa shape index (κ2) is 5.88. The molecule has 0 spiro atoms. The fraction of sp³-hybridized carbons (Fsp3) is 0.250. The first-order chi connectivity index (χ1) is 8.61. The van der Waals surface area contributed by atoms with Crippen LogP contribution in [0.2, 0.25) is 0 Å². The third-order valence-electron chi connectivity index (χ3n) is 2.64. The Balaban J connectivity index is 2.25. The van der Waals surface area contributed by atoms with Gasteiger partial charge in [-0.2, -0.15) is 0 Å². The van der Waals surface area contributed by atoms with Crippen molar-refractivity contribution in [1.82, 2.24) is 10.4 Å². The van der Waals surface area contributed by atoms with Gasteiger partial charge in [0.05, 0.1) is 21.2 Å². The van der Waals surface area contributed by atoms with Gasteiger partial charge >= 0.3 is 0 Å². The van der Waals surface area contributed by atoms with E-state index in [1.807, 2.05) is 18.4 Å². The highest BCUT2D eigenvalue weighted by Crippen LogP contribution is 2.28. The lowest BCUT2D eigenvalue weighted by atomic mass is 10.0. The standard InChI is InChI=1S/C12H13BrFN3S/c1-7-16-8(6-18-7)5-11(17-15)9-3-2-4-10(14)12(9)13/h2-4,6,11,17H,5,15H2,1H3. The topological polar surface area (TPSA) is 50.9 Å². The van der Waals surface area contributed by atoms with Gasteiger partial charge < -0.3 is 0 Å². The molecule has 1 aromatic heterocycles. The van der Waals surface area contributed by atoms with Crippen LogP contribution in [0.15, 0.2) is 28.1 Å². The van der Waals surface area contributed by atoms with E-state index in [9.17, 15) is 4.39 Å². The highest BCUT2D eigenvalue weighted by molar-refractivity contribution is 9.10. The van der Waals surface area contributed by atoms with E-state index < -0.39 is 0 Å². The summed E-state index contributed by atoms with van der Waals surface area (Å²) in [7, 11) is 0. The van der Waals surface area contributed by atoms with Crippen molar-refractivity contribution in [2.24, 2.45) is 5.84 Å². The molecule has 96 valence electrons. The largest absolute Gasteiger partial charge is 0.271 e. The highest BCUT2D eigenvalue weighted by Gasteiger charge is 2.17. The van der Waals surface area contributed by atoms with Crippen molar-refractivity contribution < 1.29 is 4.39 Å². The van der Waals surface area contributed by atoms with Crippen molar-refractivity contribution in [3.8, 4) is 0 Å². The van der Waals surface area contributed by atoms with Crippen LogP contribution in [0.3, 0.4) is 0 Å². The molecule has 0 saturated carbocycles. The molecule has 1 aromatic carbocycles. The van der Waals surface area contributed by atoms with Gasteiger partial charge in [-0.1, -0.05) is 12.1 Å². The average molecular weight is 330 g/mol. The normalized spacial score (nSPS) is 12.7. The van der Waals surface area contributed by atoms with Crippen LogP contribution >= 0.6 is 27.3 Å². The third kappa shape index (κ3) is 2.95. The van der Waals surface area contributed by atoms with E-state index in [0.29, 0.717) is 10.9 Å². The Morgan fingerprint density at radius 1 is 1.56 bits per heavy atom. The minimum Gasteiger partial charge on any atom is -0.271 e. The number of hydrogen-bond acceptors (Lipinski definition) is 4. The summed E-state index contributed by atoms with van der Waals surface area (Å²) >= 11 is 4.85. The summed E-state index contributed by atoms with van der Waals surface area (Å²) < 4.78 is 13.9. The molecule has 0 bridgehead atoms. The number of nitrogens with zero attached hydrogens (tertiary/aromatic N) is 1. The maximum atomic E-state index is 13.5. The number of hydrazine groups is 1. The molecule has 6 heteroatoms. The molecule has 0 saturated heterocycles. The Morgan fingerprint density at radius 3 is 2.94 bits per heavy atom. The highest BCUT2D eigenvalue weighted by atomic mass is 79.9. The molecular weight excluding hydrogens is 317 g/mol. The molecule has 1 atom stereocenters. The molecule has 0 amide bonds. The van der Waals surface area contributed by atoms with Crippen molar-refractivity contribution in [1.29, 1.82) is 0 Å². The van der Waals surface area contributed by atoms with Crippen molar-refractivity contribution in [2.75, 3.05) is 0 Å². The van der Waals surface area contributed by atoms with E-state index >= 15 is 0 Å². The van der Waals surface area contributed by atoms with Gasteiger partial charge in [-0.25, -0.2) is 9.37 Å². The molecule has 0 radical (unpaired) electrons. The van der Waals surface area contributed by atoms with Crippen molar-refractivity contribution in [3.05, 3.63) is 50.1 Å². The molecule has 2 rings (SSSR count). The van der Waals surface area contributed by atoms with Crippen LogP contribution in [0.25, 0.3) is 0 Å². The number of halogens is 2. The summed E-state index contributed by atoms with van der Waals surface area (Å²) in [5.74, 6) is 5.27. The lowest BCUT2D eigenvalue weighted by molar-refractivity contribution is 0.536. The van der Waals surface area contributed by atoms with Crippen molar-refractivity contribution in [3.63, 3.8) is 0 Å². The second-order valence-electron chi connectivity index (χ2n) is 3.92. The van der Waals surface area contributed by atoms with Gasteiger partial charge in [-0.15, -0.1) is 11.3 Å².